The summed E-state index contributed by atoms with van der Waals surface area (Å²) in [5.41, 5.74) is 0.603. The van der Waals surface area contributed by atoms with Crippen molar-refractivity contribution in [3.63, 3.8) is 0 Å². The molecule has 0 aromatic carbocycles. The number of carbonyl (C=O) groups excluding carboxylic acids is 1. The van der Waals surface area contributed by atoms with Gasteiger partial charge in [0.2, 0.25) is 5.91 Å². The van der Waals surface area contributed by atoms with Crippen molar-refractivity contribution in [2.75, 3.05) is 13.2 Å². The van der Waals surface area contributed by atoms with E-state index in [2.05, 4.69) is 5.32 Å². The largest absolute Gasteiger partial charge is 0.368 e. The van der Waals surface area contributed by atoms with E-state index < -0.39 is 0 Å². The van der Waals surface area contributed by atoms with Crippen molar-refractivity contribution in [3.8, 4) is 0 Å². The fraction of sp³-hybridized carbons (Fsp3) is 0.933. The first kappa shape index (κ1) is 11.3. The van der Waals surface area contributed by atoms with Crippen LogP contribution in [0.3, 0.4) is 0 Å². The van der Waals surface area contributed by atoms with Gasteiger partial charge in [0, 0.05) is 13.2 Å². The summed E-state index contributed by atoms with van der Waals surface area (Å²) in [5.74, 6) is 3.21. The van der Waals surface area contributed by atoms with Crippen LogP contribution in [-0.4, -0.2) is 25.2 Å². The van der Waals surface area contributed by atoms with E-state index in [0.29, 0.717) is 5.41 Å². The van der Waals surface area contributed by atoms with Gasteiger partial charge in [-0.1, -0.05) is 0 Å². The molecule has 1 aliphatic heterocycles. The van der Waals surface area contributed by atoms with Gasteiger partial charge in [-0.25, -0.2) is 0 Å². The second-order valence-corrected chi connectivity index (χ2v) is 7.16. The van der Waals surface area contributed by atoms with Crippen LogP contribution in [0.5, 0.6) is 0 Å². The number of hydrogen-bond donors (Lipinski definition) is 1. The van der Waals surface area contributed by atoms with Crippen LogP contribution in [0, 0.1) is 23.2 Å². The Balaban J connectivity index is 1.32. The smallest absolute Gasteiger partial charge is 0.249 e. The molecular weight excluding hydrogens is 226 g/mol. The molecular formula is C15H23NO2. The molecule has 1 saturated heterocycles. The van der Waals surface area contributed by atoms with Gasteiger partial charge in [-0.15, -0.1) is 0 Å². The summed E-state index contributed by atoms with van der Waals surface area (Å²) in [7, 11) is 0. The Bertz CT molecular complexity index is 348. The summed E-state index contributed by atoms with van der Waals surface area (Å²) in [6.07, 6.45) is 9.27. The van der Waals surface area contributed by atoms with Crippen molar-refractivity contribution >= 4 is 5.91 Å². The van der Waals surface area contributed by atoms with Crippen LogP contribution in [0.15, 0.2) is 0 Å². The number of hydrogen-bond acceptors (Lipinski definition) is 2. The summed E-state index contributed by atoms with van der Waals surface area (Å²) < 4.78 is 5.80. The van der Waals surface area contributed by atoms with Gasteiger partial charge in [0.05, 0.1) is 0 Å². The predicted octanol–water partition coefficient (Wildman–Crippen LogP) is 2.11. The molecule has 0 radical (unpaired) electrons. The maximum absolute atomic E-state index is 11.4. The highest BCUT2D eigenvalue weighted by Crippen LogP contribution is 2.65. The van der Waals surface area contributed by atoms with E-state index in [4.69, 9.17) is 4.74 Å². The van der Waals surface area contributed by atoms with Crippen molar-refractivity contribution < 1.29 is 9.53 Å². The number of nitrogens with one attached hydrogen (secondary N) is 1. The molecule has 5 fully saturated rings. The molecule has 1 amide bonds. The predicted molar refractivity (Wildman–Crippen MR) is 68.0 cm³/mol. The van der Waals surface area contributed by atoms with E-state index in [-0.39, 0.29) is 12.0 Å². The van der Waals surface area contributed by atoms with Crippen LogP contribution >= 0.6 is 0 Å². The van der Waals surface area contributed by atoms with Gasteiger partial charge in [0.15, 0.2) is 0 Å². The Hall–Kier alpha value is -0.570. The van der Waals surface area contributed by atoms with Gasteiger partial charge in [0.25, 0.3) is 0 Å². The third-order valence-electron chi connectivity index (χ3n) is 6.00. The molecule has 1 N–H and O–H groups in total. The van der Waals surface area contributed by atoms with Crippen molar-refractivity contribution in [1.29, 1.82) is 0 Å². The Kier molecular flexibility index (Phi) is 2.48. The van der Waals surface area contributed by atoms with Crippen LogP contribution in [-0.2, 0) is 9.53 Å². The average Bonchev–Trinajstić information content (AvgIpc) is 2.92. The first-order chi connectivity index (χ1) is 8.74. The molecule has 4 bridgehead atoms. The molecule has 18 heavy (non-hydrogen) atoms. The van der Waals surface area contributed by atoms with E-state index >= 15 is 0 Å². The Morgan fingerprint density at radius 2 is 2.00 bits per heavy atom. The minimum absolute atomic E-state index is 0.100. The monoisotopic (exact) mass is 249 g/mol. The summed E-state index contributed by atoms with van der Waals surface area (Å²) >= 11 is 0. The third-order valence-corrected chi connectivity index (χ3v) is 6.00. The number of ether oxygens (including phenoxy) is 1. The van der Waals surface area contributed by atoms with Crippen molar-refractivity contribution in [3.05, 3.63) is 0 Å². The summed E-state index contributed by atoms with van der Waals surface area (Å²) in [6, 6.07) is 0. The number of carbonyl (C=O) groups is 1. The minimum Gasteiger partial charge on any atom is -0.368 e. The third kappa shape index (κ3) is 1.70. The molecule has 0 spiro atoms. The van der Waals surface area contributed by atoms with Crippen LogP contribution in [0.4, 0.5) is 0 Å². The summed E-state index contributed by atoms with van der Waals surface area (Å²) in [5, 5.41) is 2.84. The number of rotatable bonds is 4. The van der Waals surface area contributed by atoms with Crippen LogP contribution in [0.25, 0.3) is 0 Å². The maximum Gasteiger partial charge on any atom is 0.249 e. The van der Waals surface area contributed by atoms with Gasteiger partial charge in [-0.05, 0) is 68.1 Å². The topological polar surface area (TPSA) is 38.3 Å². The molecule has 5 rings (SSSR count). The SMILES string of the molecule is O=C1NCCC1OCCC12CC3CC(C1)C(C3)C2. The van der Waals surface area contributed by atoms with E-state index in [9.17, 15) is 4.79 Å². The van der Waals surface area contributed by atoms with E-state index in [1.807, 2.05) is 0 Å². The highest BCUT2D eigenvalue weighted by molar-refractivity contribution is 5.82. The Morgan fingerprint density at radius 1 is 1.22 bits per heavy atom. The maximum atomic E-state index is 11.4. The van der Waals surface area contributed by atoms with Gasteiger partial charge < -0.3 is 10.1 Å². The van der Waals surface area contributed by atoms with Gasteiger partial charge in [0.1, 0.15) is 6.10 Å². The minimum atomic E-state index is -0.156. The van der Waals surface area contributed by atoms with Crippen LogP contribution in [0.2, 0.25) is 0 Å². The molecule has 3 atom stereocenters. The quantitative estimate of drug-likeness (QED) is 0.828. The lowest BCUT2D eigenvalue weighted by molar-refractivity contribution is -0.129. The molecule has 3 unspecified atom stereocenters. The fourth-order valence-corrected chi connectivity index (χ4v) is 5.43. The summed E-state index contributed by atoms with van der Waals surface area (Å²) in [4.78, 5) is 11.4. The molecule has 100 valence electrons. The first-order valence-electron chi connectivity index (χ1n) is 7.63. The highest BCUT2D eigenvalue weighted by atomic mass is 16.5. The fourth-order valence-electron chi connectivity index (χ4n) is 5.43. The van der Waals surface area contributed by atoms with E-state index in [1.165, 1.54) is 38.5 Å². The first-order valence-corrected chi connectivity index (χ1v) is 7.63. The van der Waals surface area contributed by atoms with Crippen molar-refractivity contribution in [1.82, 2.24) is 5.32 Å². The van der Waals surface area contributed by atoms with Crippen molar-refractivity contribution in [2.24, 2.45) is 23.2 Å². The highest BCUT2D eigenvalue weighted by Gasteiger charge is 2.55. The zero-order valence-electron chi connectivity index (χ0n) is 11.0. The lowest BCUT2D eigenvalue weighted by atomic mass is 9.68. The van der Waals surface area contributed by atoms with E-state index in [0.717, 1.165) is 37.3 Å². The van der Waals surface area contributed by atoms with Gasteiger partial charge in [-0.3, -0.25) is 4.79 Å². The second-order valence-electron chi connectivity index (χ2n) is 7.16. The molecule has 0 aromatic heterocycles. The van der Waals surface area contributed by atoms with Crippen LogP contribution in [0.1, 0.15) is 44.9 Å². The Labute approximate surface area is 109 Å². The van der Waals surface area contributed by atoms with Gasteiger partial charge in [-0.2, -0.15) is 0 Å². The molecule has 1 heterocycles. The molecule has 5 aliphatic rings. The molecule has 3 heteroatoms. The van der Waals surface area contributed by atoms with Gasteiger partial charge >= 0.3 is 0 Å². The average molecular weight is 249 g/mol. The van der Waals surface area contributed by atoms with Crippen LogP contribution < -0.4 is 5.32 Å². The normalized spacial score (nSPS) is 49.0. The van der Waals surface area contributed by atoms with E-state index in [1.54, 1.807) is 0 Å². The van der Waals surface area contributed by atoms with Crippen molar-refractivity contribution in [2.45, 2.75) is 51.0 Å². The standard InChI is InChI=1S/C15H23NO2/c17-14-13(1-3-16-14)18-4-2-15-7-10-5-11(8-15)12(6-10)9-15/h10-13H,1-9H2,(H,16,17). The molecule has 4 saturated carbocycles. The number of amides is 1. The summed E-state index contributed by atoms with van der Waals surface area (Å²) in [6.45, 7) is 1.59. The lowest BCUT2D eigenvalue weighted by Gasteiger charge is -2.38. The molecule has 4 aliphatic carbocycles. The second kappa shape index (κ2) is 3.96. The lowest BCUT2D eigenvalue weighted by Crippen LogP contribution is -2.31. The Morgan fingerprint density at radius 3 is 2.61 bits per heavy atom. The zero-order chi connectivity index (χ0) is 12.2. The zero-order valence-corrected chi connectivity index (χ0v) is 11.0. The molecule has 3 nitrogen and oxygen atoms in total. The molecule has 0 aromatic rings.